The summed E-state index contributed by atoms with van der Waals surface area (Å²) in [4.78, 5) is 23.0. The zero-order chi connectivity index (χ0) is 13.0. The second-order valence-electron chi connectivity index (χ2n) is 4.08. The van der Waals surface area contributed by atoms with Crippen molar-refractivity contribution in [2.75, 3.05) is 11.9 Å². The molecular weight excluding hydrogens is 232 g/mol. The maximum absolute atomic E-state index is 11.9. The summed E-state index contributed by atoms with van der Waals surface area (Å²) in [7, 11) is 0. The molecule has 96 valence electrons. The van der Waals surface area contributed by atoms with Gasteiger partial charge in [-0.25, -0.2) is 0 Å². The van der Waals surface area contributed by atoms with Gasteiger partial charge in [0.1, 0.15) is 11.8 Å². The van der Waals surface area contributed by atoms with Gasteiger partial charge in [-0.3, -0.25) is 9.59 Å². The van der Waals surface area contributed by atoms with E-state index < -0.39 is 6.04 Å². The van der Waals surface area contributed by atoms with Gasteiger partial charge in [0, 0.05) is 6.42 Å². The number of carbonyl (C=O) groups is 2. The van der Waals surface area contributed by atoms with Gasteiger partial charge in [-0.1, -0.05) is 12.1 Å². The smallest absolute Gasteiger partial charge is 0.247 e. The fraction of sp³-hybridized carbons (Fsp3) is 0.385. The predicted octanol–water partition coefficient (Wildman–Crippen LogP) is 1.30. The molecule has 0 aromatic heterocycles. The normalized spacial score (nSPS) is 18.3. The Kier molecular flexibility index (Phi) is 3.82. The molecule has 2 amide bonds. The number of benzene rings is 1. The Labute approximate surface area is 106 Å². The lowest BCUT2D eigenvalue weighted by molar-refractivity contribution is -0.122. The minimum atomic E-state index is -0.438. The van der Waals surface area contributed by atoms with Crippen LogP contribution in [0.4, 0.5) is 5.69 Å². The van der Waals surface area contributed by atoms with E-state index in [0.717, 1.165) is 0 Å². The van der Waals surface area contributed by atoms with Crippen molar-refractivity contribution in [2.24, 2.45) is 0 Å². The molecule has 0 bridgehead atoms. The van der Waals surface area contributed by atoms with E-state index in [1.54, 1.807) is 12.1 Å². The maximum Gasteiger partial charge on any atom is 0.247 e. The first-order valence-corrected chi connectivity index (χ1v) is 6.02. The number of hydrogen-bond donors (Lipinski definition) is 2. The molecule has 1 aromatic rings. The van der Waals surface area contributed by atoms with Crippen LogP contribution < -0.4 is 15.4 Å². The van der Waals surface area contributed by atoms with Crippen molar-refractivity contribution in [3.05, 3.63) is 24.3 Å². The zero-order valence-electron chi connectivity index (χ0n) is 10.2. The highest BCUT2D eigenvalue weighted by atomic mass is 16.5. The van der Waals surface area contributed by atoms with Crippen LogP contribution in [-0.4, -0.2) is 24.5 Å². The SMILES string of the molecule is CCOc1ccccc1NC(=O)C1CCC(=O)N1. The fourth-order valence-corrected chi connectivity index (χ4v) is 1.88. The number of rotatable bonds is 4. The first-order chi connectivity index (χ1) is 8.70. The summed E-state index contributed by atoms with van der Waals surface area (Å²) < 4.78 is 5.42. The Morgan fingerprint density at radius 1 is 1.50 bits per heavy atom. The minimum Gasteiger partial charge on any atom is -0.492 e. The van der Waals surface area contributed by atoms with Crippen molar-refractivity contribution in [3.8, 4) is 5.75 Å². The molecular formula is C13H16N2O3. The molecule has 5 nitrogen and oxygen atoms in total. The van der Waals surface area contributed by atoms with E-state index in [0.29, 0.717) is 30.9 Å². The average molecular weight is 248 g/mol. The third kappa shape index (κ3) is 2.80. The van der Waals surface area contributed by atoms with Crippen molar-refractivity contribution in [3.63, 3.8) is 0 Å². The molecule has 1 saturated heterocycles. The van der Waals surface area contributed by atoms with Crippen molar-refractivity contribution < 1.29 is 14.3 Å². The van der Waals surface area contributed by atoms with Crippen molar-refractivity contribution in [1.29, 1.82) is 0 Å². The molecule has 1 aliphatic rings. The molecule has 1 aliphatic heterocycles. The summed E-state index contributed by atoms with van der Waals surface area (Å²) in [6, 6.07) is 6.81. The number of ether oxygens (including phenoxy) is 1. The van der Waals surface area contributed by atoms with E-state index in [9.17, 15) is 9.59 Å². The lowest BCUT2D eigenvalue weighted by Crippen LogP contribution is -2.37. The van der Waals surface area contributed by atoms with Crippen LogP contribution in [0.2, 0.25) is 0 Å². The van der Waals surface area contributed by atoms with Gasteiger partial charge in [0.05, 0.1) is 12.3 Å². The first kappa shape index (κ1) is 12.4. The third-order valence-corrected chi connectivity index (χ3v) is 2.76. The Hall–Kier alpha value is -2.04. The molecule has 1 unspecified atom stereocenters. The van der Waals surface area contributed by atoms with Crippen LogP contribution in [-0.2, 0) is 9.59 Å². The molecule has 2 N–H and O–H groups in total. The van der Waals surface area contributed by atoms with Gasteiger partial charge in [-0.15, -0.1) is 0 Å². The fourth-order valence-electron chi connectivity index (χ4n) is 1.88. The zero-order valence-corrected chi connectivity index (χ0v) is 10.2. The van der Waals surface area contributed by atoms with Gasteiger partial charge < -0.3 is 15.4 Å². The molecule has 1 fully saturated rings. The molecule has 0 aliphatic carbocycles. The Bertz CT molecular complexity index is 459. The van der Waals surface area contributed by atoms with E-state index in [1.807, 2.05) is 19.1 Å². The van der Waals surface area contributed by atoms with Crippen LogP contribution in [0.25, 0.3) is 0 Å². The summed E-state index contributed by atoms with van der Waals surface area (Å²) in [6.45, 7) is 2.42. The number of carbonyl (C=O) groups excluding carboxylic acids is 2. The standard InChI is InChI=1S/C13H16N2O3/c1-2-18-11-6-4-3-5-9(11)15-13(17)10-7-8-12(16)14-10/h3-6,10H,2,7-8H2,1H3,(H,14,16)(H,15,17). The lowest BCUT2D eigenvalue weighted by Gasteiger charge is -2.14. The number of anilines is 1. The van der Waals surface area contributed by atoms with Crippen LogP contribution in [0.15, 0.2) is 24.3 Å². The first-order valence-electron chi connectivity index (χ1n) is 6.02. The van der Waals surface area contributed by atoms with Crippen molar-refractivity contribution in [1.82, 2.24) is 5.32 Å². The second kappa shape index (κ2) is 5.53. The number of amides is 2. The van der Waals surface area contributed by atoms with E-state index in [2.05, 4.69) is 10.6 Å². The number of nitrogens with one attached hydrogen (secondary N) is 2. The Balaban J connectivity index is 2.04. The van der Waals surface area contributed by atoms with E-state index in [1.165, 1.54) is 0 Å². The van der Waals surface area contributed by atoms with Gasteiger partial charge in [0.2, 0.25) is 11.8 Å². The summed E-state index contributed by atoms with van der Waals surface area (Å²) in [5.41, 5.74) is 0.630. The summed E-state index contributed by atoms with van der Waals surface area (Å²) in [5, 5.41) is 5.41. The van der Waals surface area contributed by atoms with E-state index in [-0.39, 0.29) is 11.8 Å². The number of hydrogen-bond acceptors (Lipinski definition) is 3. The third-order valence-electron chi connectivity index (χ3n) is 2.76. The molecule has 0 radical (unpaired) electrons. The minimum absolute atomic E-state index is 0.0757. The monoisotopic (exact) mass is 248 g/mol. The van der Waals surface area contributed by atoms with Crippen LogP contribution in [0, 0.1) is 0 Å². The highest BCUT2D eigenvalue weighted by Gasteiger charge is 2.27. The summed E-state index contributed by atoms with van der Waals surface area (Å²) >= 11 is 0. The van der Waals surface area contributed by atoms with E-state index >= 15 is 0 Å². The average Bonchev–Trinajstić information content (AvgIpc) is 2.79. The Morgan fingerprint density at radius 2 is 2.28 bits per heavy atom. The maximum atomic E-state index is 11.9. The van der Waals surface area contributed by atoms with Crippen LogP contribution in [0.5, 0.6) is 5.75 Å². The lowest BCUT2D eigenvalue weighted by atomic mass is 10.2. The quantitative estimate of drug-likeness (QED) is 0.844. The number of para-hydroxylation sites is 2. The van der Waals surface area contributed by atoms with E-state index in [4.69, 9.17) is 4.74 Å². The summed E-state index contributed by atoms with van der Waals surface area (Å²) in [6.07, 6.45) is 0.951. The molecule has 1 heterocycles. The molecule has 5 heteroatoms. The largest absolute Gasteiger partial charge is 0.492 e. The highest BCUT2D eigenvalue weighted by Crippen LogP contribution is 2.24. The Morgan fingerprint density at radius 3 is 2.94 bits per heavy atom. The highest BCUT2D eigenvalue weighted by molar-refractivity contribution is 5.99. The molecule has 1 aromatic carbocycles. The molecule has 2 rings (SSSR count). The molecule has 0 spiro atoms. The molecule has 18 heavy (non-hydrogen) atoms. The topological polar surface area (TPSA) is 67.4 Å². The molecule has 1 atom stereocenters. The summed E-state index contributed by atoms with van der Waals surface area (Å²) in [5.74, 6) is 0.360. The van der Waals surface area contributed by atoms with Crippen molar-refractivity contribution >= 4 is 17.5 Å². The second-order valence-corrected chi connectivity index (χ2v) is 4.08. The van der Waals surface area contributed by atoms with Gasteiger partial charge in [0.25, 0.3) is 0 Å². The van der Waals surface area contributed by atoms with Gasteiger partial charge in [-0.05, 0) is 25.5 Å². The van der Waals surface area contributed by atoms with Crippen molar-refractivity contribution in [2.45, 2.75) is 25.8 Å². The van der Waals surface area contributed by atoms with Crippen LogP contribution in [0.1, 0.15) is 19.8 Å². The van der Waals surface area contributed by atoms with Gasteiger partial charge >= 0.3 is 0 Å². The van der Waals surface area contributed by atoms with Gasteiger partial charge in [-0.2, -0.15) is 0 Å². The predicted molar refractivity (Wildman–Crippen MR) is 67.4 cm³/mol. The van der Waals surface area contributed by atoms with Gasteiger partial charge in [0.15, 0.2) is 0 Å². The molecule has 0 saturated carbocycles. The van der Waals surface area contributed by atoms with Crippen LogP contribution >= 0.6 is 0 Å². The van der Waals surface area contributed by atoms with Crippen LogP contribution in [0.3, 0.4) is 0 Å².